The highest BCUT2D eigenvalue weighted by Crippen LogP contribution is 2.26. The number of Topliss-reactive ketones (excluding diaryl/α,β-unsaturated/α-hetero) is 2. The lowest BCUT2D eigenvalue weighted by Gasteiger charge is -2.05. The van der Waals surface area contributed by atoms with Crippen LogP contribution in [0.25, 0.3) is 0 Å². The standard InChI is InChI=1S/C10H16O3/c1-13-7-9(11)6-10(12)8-4-2-3-5-8/h8H,2-7H2,1H3. The molecule has 0 bridgehead atoms. The Kier molecular flexibility index (Phi) is 4.09. The maximum atomic E-state index is 11.5. The van der Waals surface area contributed by atoms with Gasteiger partial charge in [0.25, 0.3) is 0 Å². The van der Waals surface area contributed by atoms with Crippen LogP contribution in [0.1, 0.15) is 32.1 Å². The third-order valence-corrected chi connectivity index (χ3v) is 2.49. The smallest absolute Gasteiger partial charge is 0.165 e. The predicted octanol–water partition coefficient (Wildman–Crippen LogP) is 1.35. The normalized spacial score (nSPS) is 17.6. The lowest BCUT2D eigenvalue weighted by atomic mass is 9.99. The molecular weight excluding hydrogens is 168 g/mol. The van der Waals surface area contributed by atoms with Gasteiger partial charge in [0.2, 0.25) is 0 Å². The van der Waals surface area contributed by atoms with Crippen molar-refractivity contribution in [2.75, 3.05) is 13.7 Å². The van der Waals surface area contributed by atoms with Gasteiger partial charge in [0.15, 0.2) is 5.78 Å². The molecule has 0 amide bonds. The van der Waals surface area contributed by atoms with Crippen LogP contribution in [-0.4, -0.2) is 25.3 Å². The van der Waals surface area contributed by atoms with Crippen molar-refractivity contribution in [2.45, 2.75) is 32.1 Å². The summed E-state index contributed by atoms with van der Waals surface area (Å²) in [5, 5.41) is 0. The van der Waals surface area contributed by atoms with E-state index in [4.69, 9.17) is 0 Å². The number of hydrogen-bond donors (Lipinski definition) is 0. The van der Waals surface area contributed by atoms with Crippen LogP contribution in [0.2, 0.25) is 0 Å². The molecule has 0 unspecified atom stereocenters. The van der Waals surface area contributed by atoms with Crippen molar-refractivity contribution < 1.29 is 14.3 Å². The van der Waals surface area contributed by atoms with Gasteiger partial charge in [-0.05, 0) is 12.8 Å². The highest BCUT2D eigenvalue weighted by Gasteiger charge is 2.23. The Bertz CT molecular complexity index is 192. The molecule has 1 fully saturated rings. The second-order valence-electron chi connectivity index (χ2n) is 3.60. The average molecular weight is 184 g/mol. The summed E-state index contributed by atoms with van der Waals surface area (Å²) in [4.78, 5) is 22.5. The zero-order chi connectivity index (χ0) is 9.68. The van der Waals surface area contributed by atoms with Crippen molar-refractivity contribution in [2.24, 2.45) is 5.92 Å². The highest BCUT2D eigenvalue weighted by atomic mass is 16.5. The minimum absolute atomic E-state index is 0.0679. The molecule has 0 heterocycles. The monoisotopic (exact) mass is 184 g/mol. The van der Waals surface area contributed by atoms with E-state index in [1.807, 2.05) is 0 Å². The van der Waals surface area contributed by atoms with Crippen molar-refractivity contribution in [1.82, 2.24) is 0 Å². The zero-order valence-electron chi connectivity index (χ0n) is 8.04. The Balaban J connectivity index is 2.27. The van der Waals surface area contributed by atoms with Gasteiger partial charge in [-0.15, -0.1) is 0 Å². The Morgan fingerprint density at radius 1 is 1.31 bits per heavy atom. The number of ketones is 2. The van der Waals surface area contributed by atoms with E-state index >= 15 is 0 Å². The average Bonchev–Trinajstić information content (AvgIpc) is 2.55. The van der Waals surface area contributed by atoms with Gasteiger partial charge in [-0.2, -0.15) is 0 Å². The van der Waals surface area contributed by atoms with Crippen molar-refractivity contribution in [3.63, 3.8) is 0 Å². The Morgan fingerprint density at radius 3 is 2.46 bits per heavy atom. The molecule has 1 aliphatic rings. The van der Waals surface area contributed by atoms with E-state index in [1.165, 1.54) is 7.11 Å². The predicted molar refractivity (Wildman–Crippen MR) is 48.5 cm³/mol. The van der Waals surface area contributed by atoms with Crippen LogP contribution in [0, 0.1) is 5.92 Å². The molecule has 0 radical (unpaired) electrons. The SMILES string of the molecule is COCC(=O)CC(=O)C1CCCC1. The molecule has 0 N–H and O–H groups in total. The number of ether oxygens (including phenoxy) is 1. The quantitative estimate of drug-likeness (QED) is 0.606. The molecule has 0 atom stereocenters. The minimum Gasteiger partial charge on any atom is -0.377 e. The molecule has 74 valence electrons. The molecule has 1 rings (SSSR count). The third kappa shape index (κ3) is 3.27. The Hall–Kier alpha value is -0.700. The Morgan fingerprint density at radius 2 is 1.92 bits per heavy atom. The fourth-order valence-electron chi connectivity index (χ4n) is 1.80. The maximum absolute atomic E-state index is 11.5. The van der Waals surface area contributed by atoms with Gasteiger partial charge in [0, 0.05) is 13.0 Å². The summed E-state index contributed by atoms with van der Waals surface area (Å²) >= 11 is 0. The third-order valence-electron chi connectivity index (χ3n) is 2.49. The van der Waals surface area contributed by atoms with Crippen molar-refractivity contribution in [3.8, 4) is 0 Å². The van der Waals surface area contributed by atoms with Crippen LogP contribution < -0.4 is 0 Å². The minimum atomic E-state index is -0.0978. The first-order valence-electron chi connectivity index (χ1n) is 4.77. The van der Waals surface area contributed by atoms with Gasteiger partial charge in [-0.1, -0.05) is 12.8 Å². The number of hydrogen-bond acceptors (Lipinski definition) is 3. The molecule has 13 heavy (non-hydrogen) atoms. The summed E-state index contributed by atoms with van der Waals surface area (Å²) in [5.41, 5.74) is 0. The van der Waals surface area contributed by atoms with E-state index in [-0.39, 0.29) is 30.5 Å². The maximum Gasteiger partial charge on any atom is 0.165 e. The molecule has 0 spiro atoms. The summed E-state index contributed by atoms with van der Waals surface area (Å²) < 4.78 is 4.67. The van der Waals surface area contributed by atoms with Crippen molar-refractivity contribution in [1.29, 1.82) is 0 Å². The topological polar surface area (TPSA) is 43.4 Å². The molecule has 0 aliphatic heterocycles. The fourth-order valence-corrected chi connectivity index (χ4v) is 1.80. The first kappa shape index (κ1) is 10.4. The van der Waals surface area contributed by atoms with E-state index in [9.17, 15) is 9.59 Å². The molecule has 0 saturated heterocycles. The lowest BCUT2D eigenvalue weighted by Crippen LogP contribution is -2.18. The van der Waals surface area contributed by atoms with Crippen LogP contribution in [0.4, 0.5) is 0 Å². The second-order valence-corrected chi connectivity index (χ2v) is 3.60. The molecule has 3 heteroatoms. The van der Waals surface area contributed by atoms with Gasteiger partial charge in [-0.3, -0.25) is 9.59 Å². The summed E-state index contributed by atoms with van der Waals surface area (Å²) in [6, 6.07) is 0. The van der Waals surface area contributed by atoms with Crippen LogP contribution >= 0.6 is 0 Å². The molecule has 3 nitrogen and oxygen atoms in total. The van der Waals surface area contributed by atoms with E-state index in [0.29, 0.717) is 0 Å². The zero-order valence-corrected chi connectivity index (χ0v) is 8.04. The summed E-state index contributed by atoms with van der Waals surface area (Å²) in [6.45, 7) is 0.0679. The van der Waals surface area contributed by atoms with Gasteiger partial charge >= 0.3 is 0 Å². The molecule has 1 aliphatic carbocycles. The van der Waals surface area contributed by atoms with Crippen LogP contribution in [0.3, 0.4) is 0 Å². The van der Waals surface area contributed by atoms with Gasteiger partial charge in [0.1, 0.15) is 12.4 Å². The number of carbonyl (C=O) groups is 2. The highest BCUT2D eigenvalue weighted by molar-refractivity contribution is 6.00. The van der Waals surface area contributed by atoms with Crippen LogP contribution in [0.15, 0.2) is 0 Å². The van der Waals surface area contributed by atoms with E-state index in [2.05, 4.69) is 4.74 Å². The lowest BCUT2D eigenvalue weighted by molar-refractivity contribution is -0.131. The van der Waals surface area contributed by atoms with Crippen LogP contribution in [-0.2, 0) is 14.3 Å². The molecular formula is C10H16O3. The van der Waals surface area contributed by atoms with Crippen molar-refractivity contribution >= 4 is 11.6 Å². The van der Waals surface area contributed by atoms with E-state index in [1.54, 1.807) is 0 Å². The molecule has 0 aromatic rings. The fraction of sp³-hybridized carbons (Fsp3) is 0.800. The Labute approximate surface area is 78.5 Å². The molecule has 0 aromatic carbocycles. The van der Waals surface area contributed by atoms with Crippen LogP contribution in [0.5, 0.6) is 0 Å². The van der Waals surface area contributed by atoms with E-state index in [0.717, 1.165) is 25.7 Å². The largest absolute Gasteiger partial charge is 0.377 e. The van der Waals surface area contributed by atoms with Gasteiger partial charge < -0.3 is 4.74 Å². The van der Waals surface area contributed by atoms with Gasteiger partial charge in [-0.25, -0.2) is 0 Å². The first-order chi connectivity index (χ1) is 6.24. The summed E-state index contributed by atoms with van der Waals surface area (Å²) in [5.74, 6) is 0.166. The number of carbonyl (C=O) groups excluding carboxylic acids is 2. The second kappa shape index (κ2) is 5.12. The summed E-state index contributed by atoms with van der Waals surface area (Å²) in [6.07, 6.45) is 4.28. The first-order valence-corrected chi connectivity index (χ1v) is 4.77. The van der Waals surface area contributed by atoms with E-state index < -0.39 is 0 Å². The van der Waals surface area contributed by atoms with Crippen molar-refractivity contribution in [3.05, 3.63) is 0 Å². The van der Waals surface area contributed by atoms with Gasteiger partial charge in [0.05, 0.1) is 6.42 Å². The summed E-state index contributed by atoms with van der Waals surface area (Å²) in [7, 11) is 1.47. The number of methoxy groups -OCH3 is 1. The molecule has 0 aromatic heterocycles. The number of rotatable bonds is 5. The molecule has 1 saturated carbocycles.